The number of H-pyrrole nitrogens is 1. The van der Waals surface area contributed by atoms with Gasteiger partial charge in [0, 0.05) is 29.4 Å². The van der Waals surface area contributed by atoms with Gasteiger partial charge < -0.3 is 26.0 Å². The summed E-state index contributed by atoms with van der Waals surface area (Å²) >= 11 is 5.97. The van der Waals surface area contributed by atoms with Gasteiger partial charge in [-0.05, 0) is 60.0 Å². The van der Waals surface area contributed by atoms with Crippen LogP contribution in [0.4, 0.5) is 22.0 Å². The van der Waals surface area contributed by atoms with Crippen molar-refractivity contribution in [3.63, 3.8) is 0 Å². The minimum atomic E-state index is -0.372. The van der Waals surface area contributed by atoms with Crippen molar-refractivity contribution < 1.29 is 14.3 Å². The molecule has 1 fully saturated rings. The van der Waals surface area contributed by atoms with Crippen LogP contribution in [0.25, 0.3) is 22.0 Å². The average molecular weight is 505 g/mol. The van der Waals surface area contributed by atoms with Crippen LogP contribution in [0.15, 0.2) is 60.7 Å². The first-order valence-corrected chi connectivity index (χ1v) is 12.0. The first-order valence-electron chi connectivity index (χ1n) is 11.6. The van der Waals surface area contributed by atoms with Crippen LogP contribution < -0.4 is 21.1 Å². The highest BCUT2D eigenvalue weighted by atomic mass is 35.5. The molecule has 3 aromatic carbocycles. The lowest BCUT2D eigenvalue weighted by Gasteiger charge is -2.16. The van der Waals surface area contributed by atoms with Crippen LogP contribution in [0.3, 0.4) is 0 Å². The molecule has 1 aliphatic rings. The van der Waals surface area contributed by atoms with Crippen LogP contribution >= 0.6 is 11.6 Å². The van der Waals surface area contributed by atoms with Gasteiger partial charge in [0.05, 0.1) is 11.9 Å². The number of likely N-dealkylation sites (tertiary alicyclic amines) is 1. The third-order valence-corrected chi connectivity index (χ3v) is 6.27. The van der Waals surface area contributed by atoms with Crippen molar-refractivity contribution >= 4 is 51.6 Å². The molecule has 0 atom stereocenters. The monoisotopic (exact) mass is 504 g/mol. The average Bonchev–Trinajstić information content (AvgIpc) is 3.45. The number of amides is 3. The summed E-state index contributed by atoms with van der Waals surface area (Å²) in [5.41, 5.74) is 9.90. The van der Waals surface area contributed by atoms with E-state index in [1.165, 1.54) is 0 Å². The minimum Gasteiger partial charge on any atom is -0.489 e. The lowest BCUT2D eigenvalue weighted by Crippen LogP contribution is -2.29. The number of nitrogens with zero attached hydrogens (tertiary/aromatic N) is 2. The van der Waals surface area contributed by atoms with Crippen LogP contribution in [-0.2, 0) is 4.79 Å². The molecule has 0 bridgehead atoms. The highest BCUT2D eigenvalue weighted by molar-refractivity contribution is 6.30. The number of benzene rings is 3. The van der Waals surface area contributed by atoms with E-state index in [1.54, 1.807) is 24.3 Å². The summed E-state index contributed by atoms with van der Waals surface area (Å²) in [6, 6.07) is 17.8. The topological polar surface area (TPSA) is 125 Å². The second-order valence-electron chi connectivity index (χ2n) is 8.47. The predicted octanol–water partition coefficient (Wildman–Crippen LogP) is 5.11. The van der Waals surface area contributed by atoms with Gasteiger partial charge in [-0.1, -0.05) is 29.8 Å². The number of halogens is 1. The van der Waals surface area contributed by atoms with Crippen LogP contribution in [-0.4, -0.2) is 46.7 Å². The minimum absolute atomic E-state index is 0.171. The van der Waals surface area contributed by atoms with Crippen LogP contribution in [0, 0.1) is 0 Å². The van der Waals surface area contributed by atoms with E-state index in [2.05, 4.69) is 20.8 Å². The number of nitrogen functional groups attached to an aromatic ring is 1. The molecular formula is C26H25ClN6O3. The first kappa shape index (κ1) is 23.5. The number of nitrogens with two attached hydrogens (primary N) is 1. The molecular weight excluding hydrogens is 480 g/mol. The van der Waals surface area contributed by atoms with Crippen LogP contribution in [0.5, 0.6) is 5.75 Å². The van der Waals surface area contributed by atoms with E-state index >= 15 is 0 Å². The highest BCUT2D eigenvalue weighted by Gasteiger charge is 2.20. The zero-order valence-corrected chi connectivity index (χ0v) is 20.1. The molecule has 0 unspecified atom stereocenters. The number of fused-ring (bicyclic) bond motifs is 1. The van der Waals surface area contributed by atoms with Crippen molar-refractivity contribution in [1.29, 1.82) is 0 Å². The maximum Gasteiger partial charge on any atom is 0.323 e. The van der Waals surface area contributed by atoms with Gasteiger partial charge in [-0.25, -0.2) is 4.79 Å². The van der Waals surface area contributed by atoms with Crippen molar-refractivity contribution in [3.8, 4) is 16.9 Å². The molecule has 10 heteroatoms. The Kier molecular flexibility index (Phi) is 6.64. The maximum absolute atomic E-state index is 12.3. The zero-order chi connectivity index (χ0) is 25.1. The number of nitrogens with one attached hydrogen (secondary N) is 3. The number of anilines is 3. The van der Waals surface area contributed by atoms with E-state index in [-0.39, 0.29) is 11.9 Å². The molecule has 1 aliphatic heterocycles. The van der Waals surface area contributed by atoms with Gasteiger partial charge >= 0.3 is 6.03 Å². The molecule has 3 amide bonds. The van der Waals surface area contributed by atoms with Crippen LogP contribution in [0.1, 0.15) is 12.8 Å². The van der Waals surface area contributed by atoms with E-state index in [1.807, 2.05) is 41.3 Å². The van der Waals surface area contributed by atoms with Crippen molar-refractivity contribution in [2.45, 2.75) is 12.8 Å². The van der Waals surface area contributed by atoms with E-state index < -0.39 is 0 Å². The molecule has 5 N–H and O–H groups in total. The molecule has 36 heavy (non-hydrogen) atoms. The van der Waals surface area contributed by atoms with Gasteiger partial charge in [0.15, 0.2) is 5.82 Å². The van der Waals surface area contributed by atoms with Crippen LogP contribution in [0.2, 0.25) is 5.02 Å². The fraction of sp³-hybridized carbons (Fsp3) is 0.192. The Labute approximate surface area is 212 Å². The second kappa shape index (κ2) is 10.2. The molecule has 0 radical (unpaired) electrons. The standard InChI is InChI=1S/C26H25ClN6O3/c27-17-3-1-4-19(15-17)30-26(35)29-18-8-6-16(7-9-18)20-10-11-21(24-23(20)25(28)32-31-24)36-14-13-33-12-2-5-22(33)34/h1,3-4,6-11,15H,2,5,12-14H2,(H3,28,31,32)(H2,29,30,35). The van der Waals surface area contributed by atoms with Crippen molar-refractivity contribution in [3.05, 3.63) is 65.7 Å². The normalized spacial score (nSPS) is 13.2. The Hall–Kier alpha value is -4.24. The lowest BCUT2D eigenvalue weighted by molar-refractivity contribution is -0.128. The molecule has 1 aromatic heterocycles. The Morgan fingerprint density at radius 1 is 1.11 bits per heavy atom. The molecule has 184 valence electrons. The van der Waals surface area contributed by atoms with Gasteiger partial charge in [0.2, 0.25) is 5.91 Å². The third kappa shape index (κ3) is 5.06. The molecule has 0 aliphatic carbocycles. The Morgan fingerprint density at radius 2 is 1.92 bits per heavy atom. The van der Waals surface area contributed by atoms with E-state index in [0.29, 0.717) is 53.1 Å². The van der Waals surface area contributed by atoms with Crippen molar-refractivity contribution in [1.82, 2.24) is 15.1 Å². The van der Waals surface area contributed by atoms with Gasteiger partial charge in [0.1, 0.15) is 17.9 Å². The fourth-order valence-electron chi connectivity index (χ4n) is 4.29. The number of carbonyl (C=O) groups excluding carboxylic acids is 2. The van der Waals surface area contributed by atoms with Gasteiger partial charge in [0.25, 0.3) is 0 Å². The summed E-state index contributed by atoms with van der Waals surface area (Å²) in [6.07, 6.45) is 1.51. The van der Waals surface area contributed by atoms with E-state index in [9.17, 15) is 9.59 Å². The lowest BCUT2D eigenvalue weighted by atomic mass is 10.0. The number of aromatic nitrogens is 2. The second-order valence-corrected chi connectivity index (χ2v) is 8.91. The molecule has 1 saturated heterocycles. The summed E-state index contributed by atoms with van der Waals surface area (Å²) in [4.78, 5) is 26.0. The summed E-state index contributed by atoms with van der Waals surface area (Å²) in [7, 11) is 0. The fourth-order valence-corrected chi connectivity index (χ4v) is 4.48. The van der Waals surface area contributed by atoms with Crippen molar-refractivity contribution in [2.75, 3.05) is 36.1 Å². The SMILES string of the molecule is Nc1n[nH]c2c(OCCN3CCCC3=O)ccc(-c3ccc(NC(=O)Nc4cccc(Cl)c4)cc3)c12. The molecule has 4 aromatic rings. The number of urea groups is 1. The number of ether oxygens (including phenoxy) is 1. The first-order chi connectivity index (χ1) is 17.5. The molecule has 9 nitrogen and oxygen atoms in total. The largest absolute Gasteiger partial charge is 0.489 e. The van der Waals surface area contributed by atoms with Crippen molar-refractivity contribution in [2.24, 2.45) is 0 Å². The summed E-state index contributed by atoms with van der Waals surface area (Å²) in [6.45, 7) is 1.71. The van der Waals surface area contributed by atoms with Gasteiger partial charge in [-0.15, -0.1) is 0 Å². The van der Waals surface area contributed by atoms with Gasteiger partial charge in [-0.2, -0.15) is 5.10 Å². The maximum atomic E-state index is 12.3. The Morgan fingerprint density at radius 3 is 2.67 bits per heavy atom. The highest BCUT2D eigenvalue weighted by Crippen LogP contribution is 2.36. The predicted molar refractivity (Wildman–Crippen MR) is 141 cm³/mol. The van der Waals surface area contributed by atoms with Gasteiger partial charge in [-0.3, -0.25) is 9.89 Å². The molecule has 0 saturated carbocycles. The summed E-state index contributed by atoms with van der Waals surface area (Å²) < 4.78 is 5.97. The number of hydrogen-bond donors (Lipinski definition) is 4. The molecule has 5 rings (SSSR count). The number of aromatic amines is 1. The smallest absolute Gasteiger partial charge is 0.323 e. The zero-order valence-electron chi connectivity index (χ0n) is 19.4. The number of hydrogen-bond acceptors (Lipinski definition) is 5. The summed E-state index contributed by atoms with van der Waals surface area (Å²) in [5, 5.41) is 14.0. The molecule has 2 heterocycles. The summed E-state index contributed by atoms with van der Waals surface area (Å²) in [5.74, 6) is 1.16. The van der Waals surface area contributed by atoms with E-state index in [0.717, 1.165) is 29.5 Å². The number of rotatable bonds is 7. The molecule has 0 spiro atoms. The Bertz CT molecular complexity index is 1420. The third-order valence-electron chi connectivity index (χ3n) is 6.04. The number of carbonyl (C=O) groups is 2. The quantitative estimate of drug-likeness (QED) is 0.278. The Balaban J connectivity index is 1.29. The van der Waals surface area contributed by atoms with E-state index in [4.69, 9.17) is 22.1 Å².